The number of nitrogens with two attached hydrogens (primary N) is 1. The van der Waals surface area contributed by atoms with Crippen molar-refractivity contribution < 1.29 is 14.0 Å². The Hall–Kier alpha value is -1.91. The first-order valence-electron chi connectivity index (χ1n) is 7.40. The van der Waals surface area contributed by atoms with Gasteiger partial charge in [-0.05, 0) is 43.0 Å². The summed E-state index contributed by atoms with van der Waals surface area (Å²) in [6.07, 6.45) is 5.10. The minimum absolute atomic E-state index is 0.0187. The molecule has 0 bridgehead atoms. The fraction of sp³-hybridized carbons (Fsp3) is 0.500. The minimum Gasteiger partial charge on any atom is -0.370 e. The SMILES string of the molecule is NC(=O)CCN(C(=O)CC1CCCC1)c1ccc(F)cc1. The van der Waals surface area contributed by atoms with Crippen molar-refractivity contribution in [1.82, 2.24) is 0 Å². The van der Waals surface area contributed by atoms with E-state index in [0.717, 1.165) is 12.8 Å². The number of rotatable bonds is 6. The van der Waals surface area contributed by atoms with E-state index in [0.29, 0.717) is 18.0 Å². The molecule has 0 aliphatic heterocycles. The van der Waals surface area contributed by atoms with E-state index in [2.05, 4.69) is 0 Å². The number of carbonyl (C=O) groups is 2. The van der Waals surface area contributed by atoms with Gasteiger partial charge < -0.3 is 10.6 Å². The Kier molecular flexibility index (Phi) is 5.31. The summed E-state index contributed by atoms with van der Waals surface area (Å²) in [4.78, 5) is 25.0. The zero-order chi connectivity index (χ0) is 15.2. The summed E-state index contributed by atoms with van der Waals surface area (Å²) in [6, 6.07) is 5.75. The summed E-state index contributed by atoms with van der Waals surface area (Å²) in [5.41, 5.74) is 5.78. The quantitative estimate of drug-likeness (QED) is 0.876. The molecule has 21 heavy (non-hydrogen) atoms. The lowest BCUT2D eigenvalue weighted by Crippen LogP contribution is -2.35. The van der Waals surface area contributed by atoms with Crippen molar-refractivity contribution in [1.29, 1.82) is 0 Å². The van der Waals surface area contributed by atoms with Gasteiger partial charge in [0.1, 0.15) is 5.82 Å². The first-order chi connectivity index (χ1) is 10.1. The number of halogens is 1. The number of anilines is 1. The maximum Gasteiger partial charge on any atom is 0.227 e. The van der Waals surface area contributed by atoms with Gasteiger partial charge in [0.2, 0.25) is 11.8 Å². The van der Waals surface area contributed by atoms with Crippen molar-refractivity contribution in [2.75, 3.05) is 11.4 Å². The molecule has 1 aromatic carbocycles. The predicted octanol–water partition coefficient (Wildman–Crippen LogP) is 2.61. The van der Waals surface area contributed by atoms with Gasteiger partial charge in [-0.3, -0.25) is 9.59 Å². The van der Waals surface area contributed by atoms with Crippen LogP contribution in [-0.2, 0) is 9.59 Å². The lowest BCUT2D eigenvalue weighted by atomic mass is 10.0. The third kappa shape index (κ3) is 4.55. The standard InChI is InChI=1S/C16H21FN2O2/c17-13-5-7-14(8-6-13)19(10-9-15(18)20)16(21)11-12-3-1-2-4-12/h5-8,12H,1-4,9-11H2,(H2,18,20). The Bertz CT molecular complexity index is 496. The van der Waals surface area contributed by atoms with E-state index >= 15 is 0 Å². The summed E-state index contributed by atoms with van der Waals surface area (Å²) in [6.45, 7) is 0.243. The van der Waals surface area contributed by atoms with E-state index in [4.69, 9.17) is 5.73 Å². The second-order valence-corrected chi connectivity index (χ2v) is 5.59. The molecule has 1 fully saturated rings. The monoisotopic (exact) mass is 292 g/mol. The molecule has 0 unspecified atom stereocenters. The zero-order valence-corrected chi connectivity index (χ0v) is 12.1. The number of primary amides is 1. The Labute approximate surface area is 124 Å². The average Bonchev–Trinajstić information content (AvgIpc) is 2.93. The van der Waals surface area contributed by atoms with Gasteiger partial charge in [-0.15, -0.1) is 0 Å². The Morgan fingerprint density at radius 3 is 2.38 bits per heavy atom. The van der Waals surface area contributed by atoms with E-state index in [1.807, 2.05) is 0 Å². The lowest BCUT2D eigenvalue weighted by molar-refractivity contribution is -0.119. The summed E-state index contributed by atoms with van der Waals surface area (Å²) in [5.74, 6) is -0.392. The van der Waals surface area contributed by atoms with Gasteiger partial charge in [0.25, 0.3) is 0 Å². The van der Waals surface area contributed by atoms with Crippen LogP contribution in [0, 0.1) is 11.7 Å². The highest BCUT2D eigenvalue weighted by Crippen LogP contribution is 2.29. The van der Waals surface area contributed by atoms with Gasteiger partial charge >= 0.3 is 0 Å². The predicted molar refractivity (Wildman–Crippen MR) is 79.1 cm³/mol. The van der Waals surface area contributed by atoms with Gasteiger partial charge in [-0.1, -0.05) is 12.8 Å². The van der Waals surface area contributed by atoms with Gasteiger partial charge in [0.05, 0.1) is 0 Å². The first-order valence-corrected chi connectivity index (χ1v) is 7.40. The fourth-order valence-electron chi connectivity index (χ4n) is 2.81. The average molecular weight is 292 g/mol. The van der Waals surface area contributed by atoms with Crippen molar-refractivity contribution in [3.8, 4) is 0 Å². The molecular formula is C16H21FN2O2. The molecule has 5 heteroatoms. The molecule has 1 aromatic rings. The van der Waals surface area contributed by atoms with Gasteiger partial charge in [-0.2, -0.15) is 0 Å². The molecule has 0 atom stereocenters. The molecular weight excluding hydrogens is 271 g/mol. The van der Waals surface area contributed by atoms with Gasteiger partial charge in [0, 0.05) is 25.1 Å². The molecule has 0 aromatic heterocycles. The molecule has 4 nitrogen and oxygen atoms in total. The van der Waals surface area contributed by atoms with Crippen LogP contribution < -0.4 is 10.6 Å². The summed E-state index contributed by atoms with van der Waals surface area (Å²) < 4.78 is 13.0. The van der Waals surface area contributed by atoms with Crippen LogP contribution in [0.2, 0.25) is 0 Å². The second-order valence-electron chi connectivity index (χ2n) is 5.59. The molecule has 0 heterocycles. The second kappa shape index (κ2) is 7.20. The molecule has 1 aliphatic carbocycles. The molecule has 0 spiro atoms. The molecule has 1 aliphatic rings. The van der Waals surface area contributed by atoms with Gasteiger partial charge in [0.15, 0.2) is 0 Å². The molecule has 2 amide bonds. The van der Waals surface area contributed by atoms with Crippen LogP contribution in [-0.4, -0.2) is 18.4 Å². The van der Waals surface area contributed by atoms with Crippen LogP contribution in [0.5, 0.6) is 0 Å². The summed E-state index contributed by atoms with van der Waals surface area (Å²) in [7, 11) is 0. The van der Waals surface area contributed by atoms with Crippen LogP contribution in [0.15, 0.2) is 24.3 Å². The van der Waals surface area contributed by atoms with Crippen molar-refractivity contribution >= 4 is 17.5 Å². The smallest absolute Gasteiger partial charge is 0.227 e. The zero-order valence-electron chi connectivity index (χ0n) is 12.1. The third-order valence-electron chi connectivity index (χ3n) is 3.96. The van der Waals surface area contributed by atoms with E-state index in [1.54, 1.807) is 17.0 Å². The molecule has 0 radical (unpaired) electrons. The first kappa shape index (κ1) is 15.5. The fourth-order valence-corrected chi connectivity index (χ4v) is 2.81. The van der Waals surface area contributed by atoms with Crippen molar-refractivity contribution in [3.63, 3.8) is 0 Å². The summed E-state index contributed by atoms with van der Waals surface area (Å²) >= 11 is 0. The minimum atomic E-state index is -0.448. The van der Waals surface area contributed by atoms with Crippen molar-refractivity contribution in [2.24, 2.45) is 11.7 Å². The summed E-state index contributed by atoms with van der Waals surface area (Å²) in [5, 5.41) is 0. The normalized spacial score (nSPS) is 15.1. The Morgan fingerprint density at radius 1 is 1.19 bits per heavy atom. The topological polar surface area (TPSA) is 63.4 Å². The lowest BCUT2D eigenvalue weighted by Gasteiger charge is -2.24. The number of amides is 2. The highest BCUT2D eigenvalue weighted by atomic mass is 19.1. The van der Waals surface area contributed by atoms with Crippen molar-refractivity contribution in [3.05, 3.63) is 30.1 Å². The van der Waals surface area contributed by atoms with Crippen LogP contribution in [0.3, 0.4) is 0 Å². The highest BCUT2D eigenvalue weighted by Gasteiger charge is 2.23. The van der Waals surface area contributed by atoms with E-state index < -0.39 is 5.91 Å². The van der Waals surface area contributed by atoms with Crippen molar-refractivity contribution in [2.45, 2.75) is 38.5 Å². The van der Waals surface area contributed by atoms with Crippen LogP contribution in [0.25, 0.3) is 0 Å². The number of carbonyl (C=O) groups excluding carboxylic acids is 2. The molecule has 1 saturated carbocycles. The van der Waals surface area contributed by atoms with Crippen LogP contribution >= 0.6 is 0 Å². The maximum atomic E-state index is 13.0. The van der Waals surface area contributed by atoms with Crippen LogP contribution in [0.1, 0.15) is 38.5 Å². The maximum absolute atomic E-state index is 13.0. The van der Waals surface area contributed by atoms with Gasteiger partial charge in [-0.25, -0.2) is 4.39 Å². The van der Waals surface area contributed by atoms with E-state index in [9.17, 15) is 14.0 Å². The largest absolute Gasteiger partial charge is 0.370 e. The number of hydrogen-bond donors (Lipinski definition) is 1. The number of benzene rings is 1. The third-order valence-corrected chi connectivity index (χ3v) is 3.96. The number of hydrogen-bond acceptors (Lipinski definition) is 2. The molecule has 114 valence electrons. The molecule has 2 N–H and O–H groups in total. The molecule has 0 saturated heterocycles. The van der Waals surface area contributed by atoms with E-state index in [1.165, 1.54) is 25.0 Å². The Balaban J connectivity index is 2.08. The van der Waals surface area contributed by atoms with E-state index in [-0.39, 0.29) is 24.7 Å². The number of nitrogens with zero attached hydrogens (tertiary/aromatic N) is 1. The highest BCUT2D eigenvalue weighted by molar-refractivity contribution is 5.94. The van der Waals surface area contributed by atoms with Crippen LogP contribution in [0.4, 0.5) is 10.1 Å². The molecule has 2 rings (SSSR count). The Morgan fingerprint density at radius 2 is 1.81 bits per heavy atom.